The smallest absolute Gasteiger partial charge is 0.223 e. The first-order valence-corrected chi connectivity index (χ1v) is 7.01. The van der Waals surface area contributed by atoms with Gasteiger partial charge in [-0.3, -0.25) is 0 Å². The van der Waals surface area contributed by atoms with E-state index in [0.717, 1.165) is 12.0 Å². The van der Waals surface area contributed by atoms with Crippen LogP contribution in [0.4, 0.5) is 0 Å². The standard InChI is InChI=1S/C15H21N3O3/c1-4-19-14-8-12(7-10(2)16)5-6-13(14)20-9-15-17-11(3)21-18-15/h5-6,8,10H,4,7,9,16H2,1-3H3. The number of nitrogens with two attached hydrogens (primary N) is 1. The van der Waals surface area contributed by atoms with Crippen LogP contribution in [-0.4, -0.2) is 22.8 Å². The predicted octanol–water partition coefficient (Wildman–Crippen LogP) is 2.25. The number of benzene rings is 1. The minimum absolute atomic E-state index is 0.105. The molecule has 6 heteroatoms. The number of ether oxygens (including phenoxy) is 2. The summed E-state index contributed by atoms with van der Waals surface area (Å²) in [6.07, 6.45) is 0.796. The number of hydrogen-bond donors (Lipinski definition) is 1. The van der Waals surface area contributed by atoms with Crippen LogP contribution < -0.4 is 15.2 Å². The second-order valence-electron chi connectivity index (χ2n) is 4.91. The van der Waals surface area contributed by atoms with Crippen LogP contribution in [0.25, 0.3) is 0 Å². The number of nitrogens with zero attached hydrogens (tertiary/aromatic N) is 2. The van der Waals surface area contributed by atoms with Crippen molar-refractivity contribution >= 4 is 0 Å². The van der Waals surface area contributed by atoms with Crippen molar-refractivity contribution in [3.63, 3.8) is 0 Å². The van der Waals surface area contributed by atoms with Crippen LogP contribution in [0.1, 0.15) is 31.1 Å². The maximum atomic E-state index is 5.82. The molecule has 1 atom stereocenters. The Bertz CT molecular complexity index is 581. The molecule has 0 aliphatic heterocycles. The van der Waals surface area contributed by atoms with Gasteiger partial charge < -0.3 is 19.7 Å². The lowest BCUT2D eigenvalue weighted by Gasteiger charge is -2.13. The SMILES string of the molecule is CCOc1cc(CC(C)N)ccc1OCc1noc(C)n1. The molecular weight excluding hydrogens is 270 g/mol. The summed E-state index contributed by atoms with van der Waals surface area (Å²) in [4.78, 5) is 4.10. The molecule has 1 heterocycles. The number of hydrogen-bond acceptors (Lipinski definition) is 6. The fourth-order valence-corrected chi connectivity index (χ4v) is 1.98. The van der Waals surface area contributed by atoms with E-state index in [1.807, 2.05) is 32.0 Å². The third-order valence-corrected chi connectivity index (χ3v) is 2.79. The zero-order valence-electron chi connectivity index (χ0n) is 12.6. The molecule has 1 unspecified atom stereocenters. The first kappa shape index (κ1) is 15.3. The second kappa shape index (κ2) is 7.08. The number of rotatable bonds is 7. The van der Waals surface area contributed by atoms with Crippen molar-refractivity contribution in [2.24, 2.45) is 5.73 Å². The van der Waals surface area contributed by atoms with Gasteiger partial charge in [0.25, 0.3) is 0 Å². The molecule has 0 radical (unpaired) electrons. The van der Waals surface area contributed by atoms with Gasteiger partial charge in [0.1, 0.15) is 0 Å². The van der Waals surface area contributed by atoms with Gasteiger partial charge in [-0.15, -0.1) is 0 Å². The van der Waals surface area contributed by atoms with Crippen LogP contribution in [0, 0.1) is 6.92 Å². The summed E-state index contributed by atoms with van der Waals surface area (Å²) in [6.45, 7) is 6.46. The molecule has 0 aliphatic carbocycles. The molecule has 114 valence electrons. The highest BCUT2D eigenvalue weighted by Crippen LogP contribution is 2.29. The van der Waals surface area contributed by atoms with Gasteiger partial charge in [-0.1, -0.05) is 11.2 Å². The third-order valence-electron chi connectivity index (χ3n) is 2.79. The molecule has 0 saturated heterocycles. The van der Waals surface area contributed by atoms with Gasteiger partial charge in [0.05, 0.1) is 6.61 Å². The maximum Gasteiger partial charge on any atom is 0.223 e. The molecule has 0 amide bonds. The molecule has 0 fully saturated rings. The fourth-order valence-electron chi connectivity index (χ4n) is 1.98. The summed E-state index contributed by atoms with van der Waals surface area (Å²) in [5.74, 6) is 2.39. The van der Waals surface area contributed by atoms with Gasteiger partial charge in [0, 0.05) is 13.0 Å². The van der Waals surface area contributed by atoms with E-state index >= 15 is 0 Å². The molecular formula is C15H21N3O3. The van der Waals surface area contributed by atoms with Gasteiger partial charge in [-0.2, -0.15) is 4.98 Å². The summed E-state index contributed by atoms with van der Waals surface area (Å²) in [6, 6.07) is 5.94. The molecule has 0 aliphatic rings. The molecule has 21 heavy (non-hydrogen) atoms. The average Bonchev–Trinajstić information content (AvgIpc) is 2.83. The summed E-state index contributed by atoms with van der Waals surface area (Å²) in [7, 11) is 0. The van der Waals surface area contributed by atoms with Gasteiger partial charge >= 0.3 is 0 Å². The normalized spacial score (nSPS) is 12.2. The zero-order chi connectivity index (χ0) is 15.2. The second-order valence-corrected chi connectivity index (χ2v) is 4.91. The van der Waals surface area contributed by atoms with E-state index in [-0.39, 0.29) is 12.6 Å². The lowest BCUT2D eigenvalue weighted by atomic mass is 10.1. The maximum absolute atomic E-state index is 5.82. The molecule has 0 bridgehead atoms. The third kappa shape index (κ3) is 4.46. The molecule has 1 aromatic carbocycles. The quantitative estimate of drug-likeness (QED) is 0.842. The van der Waals surface area contributed by atoms with E-state index in [0.29, 0.717) is 29.8 Å². The Morgan fingerprint density at radius 3 is 2.71 bits per heavy atom. The van der Waals surface area contributed by atoms with Crippen LogP contribution in [0.3, 0.4) is 0 Å². The molecule has 0 saturated carbocycles. The van der Waals surface area contributed by atoms with Crippen LogP contribution in [0.15, 0.2) is 22.7 Å². The highest BCUT2D eigenvalue weighted by Gasteiger charge is 2.10. The lowest BCUT2D eigenvalue weighted by Crippen LogP contribution is -2.17. The molecule has 2 N–H and O–H groups in total. The summed E-state index contributed by atoms with van der Waals surface area (Å²) < 4.78 is 16.2. The van der Waals surface area contributed by atoms with Crippen molar-refractivity contribution < 1.29 is 14.0 Å². The Kier molecular flexibility index (Phi) is 5.16. The van der Waals surface area contributed by atoms with E-state index in [1.165, 1.54) is 0 Å². The molecule has 2 rings (SSSR count). The number of aryl methyl sites for hydroxylation is 1. The fraction of sp³-hybridized carbons (Fsp3) is 0.467. The van der Waals surface area contributed by atoms with Crippen molar-refractivity contribution in [1.29, 1.82) is 0 Å². The lowest BCUT2D eigenvalue weighted by molar-refractivity contribution is 0.258. The topological polar surface area (TPSA) is 83.4 Å². The van der Waals surface area contributed by atoms with Crippen molar-refractivity contribution in [2.45, 2.75) is 39.8 Å². The van der Waals surface area contributed by atoms with Gasteiger partial charge in [0.2, 0.25) is 11.7 Å². The minimum atomic E-state index is 0.105. The average molecular weight is 291 g/mol. The van der Waals surface area contributed by atoms with Crippen molar-refractivity contribution in [1.82, 2.24) is 10.1 Å². The van der Waals surface area contributed by atoms with E-state index in [2.05, 4.69) is 10.1 Å². The van der Waals surface area contributed by atoms with Crippen molar-refractivity contribution in [3.8, 4) is 11.5 Å². The highest BCUT2D eigenvalue weighted by atomic mass is 16.5. The Labute approximate surface area is 124 Å². The highest BCUT2D eigenvalue weighted by molar-refractivity contribution is 5.43. The molecule has 6 nitrogen and oxygen atoms in total. The van der Waals surface area contributed by atoms with Crippen molar-refractivity contribution in [3.05, 3.63) is 35.5 Å². The molecule has 0 spiro atoms. The summed E-state index contributed by atoms with van der Waals surface area (Å²) in [5, 5.41) is 3.79. The molecule has 2 aromatic rings. The monoisotopic (exact) mass is 291 g/mol. The zero-order valence-corrected chi connectivity index (χ0v) is 12.6. The van der Waals surface area contributed by atoms with Crippen molar-refractivity contribution in [2.75, 3.05) is 6.61 Å². The van der Waals surface area contributed by atoms with E-state index < -0.39 is 0 Å². The van der Waals surface area contributed by atoms with Crippen LogP contribution in [0.5, 0.6) is 11.5 Å². The largest absolute Gasteiger partial charge is 0.490 e. The molecule has 1 aromatic heterocycles. The summed E-state index contributed by atoms with van der Waals surface area (Å²) in [5.41, 5.74) is 6.95. The Balaban J connectivity index is 2.09. The Hall–Kier alpha value is -2.08. The number of aromatic nitrogens is 2. The van der Waals surface area contributed by atoms with E-state index in [9.17, 15) is 0 Å². The first-order chi connectivity index (χ1) is 10.1. The first-order valence-electron chi connectivity index (χ1n) is 7.01. The van der Waals surface area contributed by atoms with Crippen LogP contribution in [-0.2, 0) is 13.0 Å². The van der Waals surface area contributed by atoms with E-state index in [1.54, 1.807) is 6.92 Å². The van der Waals surface area contributed by atoms with Crippen LogP contribution in [0.2, 0.25) is 0 Å². The van der Waals surface area contributed by atoms with E-state index in [4.69, 9.17) is 19.7 Å². The Morgan fingerprint density at radius 2 is 2.10 bits per heavy atom. The summed E-state index contributed by atoms with van der Waals surface area (Å²) >= 11 is 0. The minimum Gasteiger partial charge on any atom is -0.490 e. The van der Waals surface area contributed by atoms with Crippen LogP contribution >= 0.6 is 0 Å². The van der Waals surface area contributed by atoms with Gasteiger partial charge in [-0.05, 0) is 38.0 Å². The van der Waals surface area contributed by atoms with Gasteiger partial charge in [-0.25, -0.2) is 0 Å². The Morgan fingerprint density at radius 1 is 1.29 bits per heavy atom. The van der Waals surface area contributed by atoms with Gasteiger partial charge in [0.15, 0.2) is 18.1 Å². The predicted molar refractivity (Wildman–Crippen MR) is 78.3 cm³/mol.